The third kappa shape index (κ3) is 3.28. The average Bonchev–Trinajstić information content (AvgIpc) is 2.37. The zero-order valence-electron chi connectivity index (χ0n) is 11.3. The van der Waals surface area contributed by atoms with E-state index in [2.05, 4.69) is 23.7 Å². The fourth-order valence-corrected chi connectivity index (χ4v) is 2.22. The van der Waals surface area contributed by atoms with E-state index in [1.807, 2.05) is 6.07 Å². The maximum atomic E-state index is 13.6. The van der Waals surface area contributed by atoms with E-state index in [-0.39, 0.29) is 18.5 Å². The third-order valence-electron chi connectivity index (χ3n) is 3.24. The Balaban J connectivity index is 2.38. The van der Waals surface area contributed by atoms with Crippen molar-refractivity contribution in [2.75, 3.05) is 13.2 Å². The molecule has 0 fully saturated rings. The second-order valence-electron chi connectivity index (χ2n) is 4.93. The minimum absolute atomic E-state index is 0.0961. The van der Waals surface area contributed by atoms with Gasteiger partial charge in [0.25, 0.3) is 0 Å². The van der Waals surface area contributed by atoms with Crippen LogP contribution in [0.1, 0.15) is 19.4 Å². The topological polar surface area (TPSA) is 36.4 Å². The minimum atomic E-state index is -0.247. The minimum Gasteiger partial charge on any atom is -0.395 e. The second kappa shape index (κ2) is 6.08. The molecule has 1 N–H and O–H groups in total. The Kier molecular flexibility index (Phi) is 4.45. The highest BCUT2D eigenvalue weighted by Crippen LogP contribution is 2.20. The number of hydrogen-bond donors (Lipinski definition) is 1. The van der Waals surface area contributed by atoms with Crippen LogP contribution in [0.2, 0.25) is 0 Å². The quantitative estimate of drug-likeness (QED) is 0.899. The first-order valence-electron chi connectivity index (χ1n) is 6.50. The Labute approximate surface area is 112 Å². The molecule has 0 bridgehead atoms. The third-order valence-corrected chi connectivity index (χ3v) is 3.24. The van der Waals surface area contributed by atoms with Crippen molar-refractivity contribution in [3.05, 3.63) is 41.8 Å². The maximum Gasteiger partial charge on any atom is 0.124 e. The largest absolute Gasteiger partial charge is 0.395 e. The highest BCUT2D eigenvalue weighted by atomic mass is 19.1. The van der Waals surface area contributed by atoms with Crippen LogP contribution in [0.3, 0.4) is 0 Å². The molecule has 1 heterocycles. The van der Waals surface area contributed by atoms with E-state index in [1.165, 1.54) is 12.1 Å². The van der Waals surface area contributed by atoms with Crippen LogP contribution in [0.15, 0.2) is 30.5 Å². The summed E-state index contributed by atoms with van der Waals surface area (Å²) in [5.74, 6) is -0.247. The van der Waals surface area contributed by atoms with Crippen molar-refractivity contribution in [3.63, 3.8) is 0 Å². The molecule has 1 aromatic heterocycles. The Hall–Kier alpha value is -1.52. The maximum absolute atomic E-state index is 13.6. The van der Waals surface area contributed by atoms with Gasteiger partial charge >= 0.3 is 0 Å². The molecule has 4 heteroatoms. The van der Waals surface area contributed by atoms with Crippen LogP contribution >= 0.6 is 0 Å². The van der Waals surface area contributed by atoms with Crippen molar-refractivity contribution in [2.45, 2.75) is 26.4 Å². The molecule has 0 saturated carbocycles. The Bertz CT molecular complexity index is 557. The molecule has 19 heavy (non-hydrogen) atoms. The SMILES string of the molecule is CC(C)N(CCO)Cc1cc(F)cc2cccnc12. The lowest BCUT2D eigenvalue weighted by atomic mass is 10.1. The summed E-state index contributed by atoms with van der Waals surface area (Å²) in [6.45, 7) is 5.38. The summed E-state index contributed by atoms with van der Waals surface area (Å²) in [7, 11) is 0. The molecule has 3 nitrogen and oxygen atoms in total. The van der Waals surface area contributed by atoms with Crippen LogP contribution in [0, 0.1) is 5.82 Å². The summed E-state index contributed by atoms with van der Waals surface area (Å²) in [5, 5.41) is 9.91. The van der Waals surface area contributed by atoms with Gasteiger partial charge in [-0.15, -0.1) is 0 Å². The van der Waals surface area contributed by atoms with Gasteiger partial charge in [0.05, 0.1) is 12.1 Å². The molecule has 0 unspecified atom stereocenters. The molecule has 0 aliphatic carbocycles. The first-order valence-corrected chi connectivity index (χ1v) is 6.50. The monoisotopic (exact) mass is 262 g/mol. The van der Waals surface area contributed by atoms with E-state index in [0.29, 0.717) is 13.1 Å². The molecule has 0 saturated heterocycles. The van der Waals surface area contributed by atoms with Gasteiger partial charge in [-0.2, -0.15) is 0 Å². The molecule has 0 amide bonds. The van der Waals surface area contributed by atoms with Crippen molar-refractivity contribution in [3.8, 4) is 0 Å². The number of benzene rings is 1. The summed E-state index contributed by atoms with van der Waals surface area (Å²) in [4.78, 5) is 6.44. The fourth-order valence-electron chi connectivity index (χ4n) is 2.22. The van der Waals surface area contributed by atoms with E-state index >= 15 is 0 Å². The van der Waals surface area contributed by atoms with E-state index in [4.69, 9.17) is 5.11 Å². The van der Waals surface area contributed by atoms with E-state index in [1.54, 1.807) is 12.3 Å². The number of rotatable bonds is 5. The lowest BCUT2D eigenvalue weighted by Gasteiger charge is -2.26. The van der Waals surface area contributed by atoms with E-state index in [9.17, 15) is 4.39 Å². The molecular weight excluding hydrogens is 243 g/mol. The van der Waals surface area contributed by atoms with Crippen molar-refractivity contribution < 1.29 is 9.50 Å². The van der Waals surface area contributed by atoms with Gasteiger partial charge in [-0.1, -0.05) is 6.07 Å². The average molecular weight is 262 g/mol. The van der Waals surface area contributed by atoms with Gasteiger partial charge in [-0.25, -0.2) is 4.39 Å². The van der Waals surface area contributed by atoms with E-state index < -0.39 is 0 Å². The molecule has 0 radical (unpaired) electrons. The van der Waals surface area contributed by atoms with Crippen molar-refractivity contribution in [2.24, 2.45) is 0 Å². The Morgan fingerprint density at radius 2 is 2.16 bits per heavy atom. The molecule has 1 aromatic carbocycles. The summed E-state index contributed by atoms with van der Waals surface area (Å²) in [6, 6.07) is 6.98. The van der Waals surface area contributed by atoms with Crippen molar-refractivity contribution >= 4 is 10.9 Å². The second-order valence-corrected chi connectivity index (χ2v) is 4.93. The van der Waals surface area contributed by atoms with Gasteiger partial charge < -0.3 is 5.11 Å². The lowest BCUT2D eigenvalue weighted by molar-refractivity contribution is 0.159. The zero-order valence-corrected chi connectivity index (χ0v) is 11.3. The predicted molar refractivity (Wildman–Crippen MR) is 74.3 cm³/mol. The van der Waals surface area contributed by atoms with Crippen LogP contribution in [0.25, 0.3) is 10.9 Å². The number of nitrogens with zero attached hydrogens (tertiary/aromatic N) is 2. The molecule has 0 atom stereocenters. The standard InChI is InChI=1S/C15H19FN2O/c1-11(2)18(6-7-19)10-13-9-14(16)8-12-4-3-5-17-15(12)13/h3-5,8-9,11,19H,6-7,10H2,1-2H3. The summed E-state index contributed by atoms with van der Waals surface area (Å²) in [6.07, 6.45) is 1.72. The summed E-state index contributed by atoms with van der Waals surface area (Å²) >= 11 is 0. The van der Waals surface area contributed by atoms with Crippen molar-refractivity contribution in [1.29, 1.82) is 0 Å². The van der Waals surface area contributed by atoms with Crippen LogP contribution in [-0.4, -0.2) is 34.2 Å². The van der Waals surface area contributed by atoms with Crippen LogP contribution in [0.5, 0.6) is 0 Å². The zero-order chi connectivity index (χ0) is 13.8. The molecule has 2 aromatic rings. The lowest BCUT2D eigenvalue weighted by Crippen LogP contribution is -2.33. The van der Waals surface area contributed by atoms with Gasteiger partial charge in [0.1, 0.15) is 5.82 Å². The molecule has 0 spiro atoms. The molecular formula is C15H19FN2O. The number of aliphatic hydroxyl groups is 1. The van der Waals surface area contributed by atoms with Gasteiger partial charge in [0, 0.05) is 30.7 Å². The first kappa shape index (κ1) is 13.9. The number of halogens is 1. The number of hydrogen-bond acceptors (Lipinski definition) is 3. The van der Waals surface area contributed by atoms with Crippen LogP contribution < -0.4 is 0 Å². The van der Waals surface area contributed by atoms with Gasteiger partial charge in [-0.3, -0.25) is 9.88 Å². The number of pyridine rings is 1. The molecule has 2 rings (SSSR count). The highest BCUT2D eigenvalue weighted by Gasteiger charge is 2.13. The van der Waals surface area contributed by atoms with E-state index in [0.717, 1.165) is 16.5 Å². The smallest absolute Gasteiger partial charge is 0.124 e. The first-order chi connectivity index (χ1) is 9.11. The molecule has 102 valence electrons. The Morgan fingerprint density at radius 3 is 2.84 bits per heavy atom. The normalized spacial score (nSPS) is 11.7. The summed E-state index contributed by atoms with van der Waals surface area (Å²) in [5.41, 5.74) is 1.69. The fraction of sp³-hybridized carbons (Fsp3) is 0.400. The van der Waals surface area contributed by atoms with Crippen LogP contribution in [0.4, 0.5) is 4.39 Å². The molecule has 0 aliphatic heterocycles. The molecule has 0 aliphatic rings. The Morgan fingerprint density at radius 1 is 1.37 bits per heavy atom. The van der Waals surface area contributed by atoms with Gasteiger partial charge in [0.15, 0.2) is 0 Å². The number of fused-ring (bicyclic) bond motifs is 1. The van der Waals surface area contributed by atoms with Crippen molar-refractivity contribution in [1.82, 2.24) is 9.88 Å². The highest BCUT2D eigenvalue weighted by molar-refractivity contribution is 5.81. The predicted octanol–water partition coefficient (Wildman–Crippen LogP) is 2.58. The number of aromatic nitrogens is 1. The number of aliphatic hydroxyl groups excluding tert-OH is 1. The van der Waals surface area contributed by atoms with Crippen LogP contribution in [-0.2, 0) is 6.54 Å². The van der Waals surface area contributed by atoms with Gasteiger partial charge in [0.2, 0.25) is 0 Å². The van der Waals surface area contributed by atoms with Gasteiger partial charge in [-0.05, 0) is 37.6 Å². The summed E-state index contributed by atoms with van der Waals surface area (Å²) < 4.78 is 13.6.